The Hall–Kier alpha value is -7.57. The van der Waals surface area contributed by atoms with E-state index in [1.165, 1.54) is 62.7 Å². The molecule has 2 aliphatic heterocycles. The van der Waals surface area contributed by atoms with Crippen molar-refractivity contribution in [3.63, 3.8) is 0 Å². The van der Waals surface area contributed by atoms with Gasteiger partial charge in [0.15, 0.2) is 0 Å². The number of hydrogen-bond donors (Lipinski definition) is 2. The molecule has 6 heteroatoms. The van der Waals surface area contributed by atoms with Gasteiger partial charge in [0.25, 0.3) is 0 Å². The average Bonchev–Trinajstić information content (AvgIpc) is 4.11. The van der Waals surface area contributed by atoms with Gasteiger partial charge in [-0.05, 0) is 183 Å². The zero-order valence-corrected chi connectivity index (χ0v) is 38.8. The molecule has 0 fully saturated rings. The number of hydrogen-bond acceptors (Lipinski definition) is 4. The number of aromatic nitrogens is 4. The lowest BCUT2D eigenvalue weighted by Gasteiger charge is -2.14. The van der Waals surface area contributed by atoms with E-state index < -0.39 is 0 Å². The lowest BCUT2D eigenvalue weighted by Crippen LogP contribution is -2.02. The molecule has 2 N–H and O–H groups in total. The van der Waals surface area contributed by atoms with Crippen molar-refractivity contribution in [1.82, 2.24) is 19.9 Å². The Morgan fingerprint density at radius 2 is 0.754 bits per heavy atom. The van der Waals surface area contributed by atoms with Crippen molar-refractivity contribution in [3.05, 3.63) is 175 Å². The molecule has 65 heavy (non-hydrogen) atoms. The first kappa shape index (κ1) is 41.4. The Balaban J connectivity index is 1.44. The number of nitrogens with zero attached hydrogens (tertiary/aromatic N) is 2. The smallest absolute Gasteiger partial charge is 0.338 e. The summed E-state index contributed by atoms with van der Waals surface area (Å²) in [5, 5.41) is 1.73. The number of rotatable bonds is 5. The van der Waals surface area contributed by atoms with Crippen LogP contribution >= 0.6 is 0 Å². The van der Waals surface area contributed by atoms with E-state index in [9.17, 15) is 4.79 Å². The van der Waals surface area contributed by atoms with Crippen LogP contribution in [0.5, 0.6) is 0 Å². The number of benzene rings is 5. The second-order valence-corrected chi connectivity index (χ2v) is 18.0. The number of carbonyl (C=O) groups is 1. The molecule has 0 saturated heterocycles. The highest BCUT2D eigenvalue weighted by Crippen LogP contribution is 2.43. The van der Waals surface area contributed by atoms with Gasteiger partial charge in [-0.15, -0.1) is 0 Å². The van der Waals surface area contributed by atoms with Gasteiger partial charge in [0.1, 0.15) is 0 Å². The fraction of sp³-hybridized carbons (Fsp3) is 0.169. The molecule has 320 valence electrons. The van der Waals surface area contributed by atoms with Crippen LogP contribution in [0.25, 0.3) is 102 Å². The molecule has 10 rings (SSSR count). The van der Waals surface area contributed by atoms with Gasteiger partial charge in [-0.25, -0.2) is 14.8 Å². The summed E-state index contributed by atoms with van der Waals surface area (Å²) in [6.45, 7) is 19.7. The number of esters is 1. The first-order valence-corrected chi connectivity index (χ1v) is 22.3. The highest BCUT2D eigenvalue weighted by Gasteiger charge is 2.24. The van der Waals surface area contributed by atoms with E-state index in [1.807, 2.05) is 30.3 Å². The number of nitrogens with one attached hydrogen (secondary N) is 2. The Bertz CT molecular complexity index is 3470. The zero-order valence-electron chi connectivity index (χ0n) is 38.8. The average molecular weight is 849 g/mol. The summed E-state index contributed by atoms with van der Waals surface area (Å²) in [4.78, 5) is 32.3. The van der Waals surface area contributed by atoms with Crippen LogP contribution in [0.3, 0.4) is 0 Å². The summed E-state index contributed by atoms with van der Waals surface area (Å²) in [6, 6.07) is 34.3. The van der Waals surface area contributed by atoms with Crippen LogP contribution in [0.15, 0.2) is 97.1 Å². The predicted octanol–water partition coefficient (Wildman–Crippen LogP) is 15.0. The molecule has 0 unspecified atom stereocenters. The van der Waals surface area contributed by atoms with Crippen LogP contribution in [0, 0.1) is 62.3 Å². The van der Waals surface area contributed by atoms with E-state index in [4.69, 9.17) is 14.7 Å². The minimum Gasteiger partial charge on any atom is -0.465 e. The van der Waals surface area contributed by atoms with Gasteiger partial charge >= 0.3 is 5.97 Å². The molecule has 0 radical (unpaired) electrons. The number of ether oxygens (including phenoxy) is 1. The largest absolute Gasteiger partial charge is 0.465 e. The molecule has 8 bridgehead atoms. The minimum atomic E-state index is -0.377. The monoisotopic (exact) mass is 848 g/mol. The Morgan fingerprint density at radius 1 is 0.415 bits per heavy atom. The predicted molar refractivity (Wildman–Crippen MR) is 272 cm³/mol. The quantitative estimate of drug-likeness (QED) is 0.169. The third-order valence-electron chi connectivity index (χ3n) is 13.1. The molecule has 0 saturated carbocycles. The van der Waals surface area contributed by atoms with Crippen molar-refractivity contribution < 1.29 is 9.53 Å². The summed E-state index contributed by atoms with van der Waals surface area (Å²) in [7, 11) is 1.43. The van der Waals surface area contributed by atoms with E-state index in [2.05, 4.69) is 163 Å². The maximum absolute atomic E-state index is 13.2. The molecule has 0 aliphatic carbocycles. The van der Waals surface area contributed by atoms with Gasteiger partial charge in [-0.1, -0.05) is 83.4 Å². The van der Waals surface area contributed by atoms with E-state index in [1.54, 1.807) is 0 Å². The zero-order chi connectivity index (χ0) is 45.4. The fourth-order valence-electron chi connectivity index (χ4n) is 10.8. The second kappa shape index (κ2) is 15.9. The maximum atomic E-state index is 13.2. The van der Waals surface area contributed by atoms with E-state index in [0.29, 0.717) is 5.56 Å². The van der Waals surface area contributed by atoms with Crippen molar-refractivity contribution >= 4 is 63.1 Å². The van der Waals surface area contributed by atoms with E-state index in [0.717, 1.165) is 94.6 Å². The number of methoxy groups -OCH3 is 1. The molecule has 5 heterocycles. The van der Waals surface area contributed by atoms with Crippen molar-refractivity contribution in [1.29, 1.82) is 0 Å². The third-order valence-corrected chi connectivity index (χ3v) is 13.1. The lowest BCUT2D eigenvalue weighted by atomic mass is 9.92. The topological polar surface area (TPSA) is 83.7 Å². The Morgan fingerprint density at radius 3 is 1.12 bits per heavy atom. The van der Waals surface area contributed by atoms with Crippen molar-refractivity contribution in [2.24, 2.45) is 0 Å². The van der Waals surface area contributed by atoms with Gasteiger partial charge in [-0.3, -0.25) is 0 Å². The second-order valence-electron chi connectivity index (χ2n) is 18.0. The van der Waals surface area contributed by atoms with Crippen LogP contribution in [-0.4, -0.2) is 33.0 Å². The summed E-state index contributed by atoms with van der Waals surface area (Å²) < 4.78 is 5.26. The standard InChI is InChI=1S/C59H52N4O2/c1-31-25-34(4)52(35(5)26-31)56-46-19-17-44(60-46)55(42-15-16-43(59(64)65-10)41-14-12-11-13-40(41)42)45-18-20-47(61-45)57(53-36(6)27-32(2)28-37(53)7)49-22-24-51(63-49)58(50-23-21-48(56)62-50)54-38(8)29-33(3)30-39(54)9/h11-30,60,63H,1-10H3. The number of aromatic amines is 2. The van der Waals surface area contributed by atoms with Crippen LogP contribution in [-0.2, 0) is 4.74 Å². The molecule has 8 aromatic rings. The maximum Gasteiger partial charge on any atom is 0.338 e. The Kier molecular flexibility index (Phi) is 10.1. The SMILES string of the molecule is COC(=O)c1ccc(-c2c3nc(c(-c4c(C)cc(C)cc4C)c4ccc([nH]4)c(-c4c(C)cc(C)cc4C)c4nc(c(-c5c(C)cc(C)cc5C)c5ccc2[nH]5)C=C4)C=C3)c2ccccc12. The molecule has 5 aromatic carbocycles. The van der Waals surface area contributed by atoms with Gasteiger partial charge in [0.05, 0.1) is 35.4 Å². The molecule has 0 amide bonds. The van der Waals surface area contributed by atoms with Crippen LogP contribution in [0.1, 0.15) is 83.2 Å². The molecular formula is C59H52N4O2. The molecular weight excluding hydrogens is 797 g/mol. The lowest BCUT2D eigenvalue weighted by molar-refractivity contribution is 0.0603. The minimum absolute atomic E-state index is 0.377. The molecule has 0 spiro atoms. The highest BCUT2D eigenvalue weighted by atomic mass is 16.5. The number of aryl methyl sites for hydroxylation is 9. The summed E-state index contributed by atoms with van der Waals surface area (Å²) >= 11 is 0. The molecule has 3 aromatic heterocycles. The Labute approximate surface area is 380 Å². The number of H-pyrrole nitrogens is 2. The fourth-order valence-corrected chi connectivity index (χ4v) is 10.8. The van der Waals surface area contributed by atoms with Crippen LogP contribution < -0.4 is 0 Å². The summed E-state index contributed by atoms with van der Waals surface area (Å²) in [5.74, 6) is -0.377. The van der Waals surface area contributed by atoms with Crippen LogP contribution in [0.2, 0.25) is 0 Å². The van der Waals surface area contributed by atoms with Crippen molar-refractivity contribution in [2.45, 2.75) is 62.3 Å². The first-order chi connectivity index (χ1) is 31.3. The van der Waals surface area contributed by atoms with Gasteiger partial charge in [-0.2, -0.15) is 0 Å². The number of fused-ring (bicyclic) bond motifs is 9. The molecule has 6 nitrogen and oxygen atoms in total. The number of carbonyl (C=O) groups excluding carboxylic acids is 1. The van der Waals surface area contributed by atoms with Crippen molar-refractivity contribution in [2.75, 3.05) is 7.11 Å². The third kappa shape index (κ3) is 7.01. The highest BCUT2D eigenvalue weighted by molar-refractivity contribution is 6.12. The van der Waals surface area contributed by atoms with Crippen LogP contribution in [0.4, 0.5) is 0 Å². The van der Waals surface area contributed by atoms with Gasteiger partial charge in [0.2, 0.25) is 0 Å². The molecule has 0 atom stereocenters. The first-order valence-electron chi connectivity index (χ1n) is 22.3. The van der Waals surface area contributed by atoms with E-state index in [-0.39, 0.29) is 5.97 Å². The molecule has 2 aliphatic rings. The van der Waals surface area contributed by atoms with Crippen molar-refractivity contribution in [3.8, 4) is 44.5 Å². The van der Waals surface area contributed by atoms with E-state index >= 15 is 0 Å². The van der Waals surface area contributed by atoms with Gasteiger partial charge in [0, 0.05) is 44.3 Å². The summed E-state index contributed by atoms with van der Waals surface area (Å²) in [6.07, 6.45) is 8.64. The van der Waals surface area contributed by atoms with Gasteiger partial charge < -0.3 is 14.7 Å². The summed E-state index contributed by atoms with van der Waals surface area (Å²) in [5.41, 5.74) is 26.9. The normalized spacial score (nSPS) is 12.1.